The predicted octanol–water partition coefficient (Wildman–Crippen LogP) is 1.89. The van der Waals surface area contributed by atoms with Crippen molar-refractivity contribution >= 4 is 5.91 Å². The normalized spacial score (nSPS) is 18.4. The van der Waals surface area contributed by atoms with E-state index in [1.54, 1.807) is 0 Å². The summed E-state index contributed by atoms with van der Waals surface area (Å²) < 4.78 is 0. The van der Waals surface area contributed by atoms with Gasteiger partial charge in [0.2, 0.25) is 5.91 Å². The molecule has 0 aromatic heterocycles. The summed E-state index contributed by atoms with van der Waals surface area (Å²) >= 11 is 0. The van der Waals surface area contributed by atoms with Gasteiger partial charge >= 0.3 is 0 Å². The Morgan fingerprint density at radius 2 is 2.10 bits per heavy atom. The summed E-state index contributed by atoms with van der Waals surface area (Å²) in [7, 11) is 2.13. The largest absolute Gasteiger partial charge is 0.351 e. The molecular formula is C17H27N3O. The topological polar surface area (TPSA) is 44.4 Å². The van der Waals surface area contributed by atoms with Crippen LogP contribution in [0.25, 0.3) is 0 Å². The van der Waals surface area contributed by atoms with Crippen molar-refractivity contribution in [2.45, 2.75) is 51.9 Å². The van der Waals surface area contributed by atoms with Crippen molar-refractivity contribution in [3.05, 3.63) is 35.4 Å². The lowest BCUT2D eigenvalue weighted by atomic mass is 10.1. The Morgan fingerprint density at radius 1 is 1.38 bits per heavy atom. The summed E-state index contributed by atoms with van der Waals surface area (Å²) in [6, 6.07) is 8.85. The molecule has 1 saturated heterocycles. The maximum atomic E-state index is 12.1. The molecule has 1 atom stereocenters. The van der Waals surface area contributed by atoms with E-state index >= 15 is 0 Å². The van der Waals surface area contributed by atoms with Crippen LogP contribution in [0, 0.1) is 0 Å². The van der Waals surface area contributed by atoms with Crippen LogP contribution in [-0.4, -0.2) is 36.5 Å². The van der Waals surface area contributed by atoms with Gasteiger partial charge < -0.3 is 10.6 Å². The first-order valence-electron chi connectivity index (χ1n) is 7.86. The number of hydrogen-bond donors (Lipinski definition) is 2. The van der Waals surface area contributed by atoms with Crippen LogP contribution >= 0.6 is 0 Å². The highest BCUT2D eigenvalue weighted by atomic mass is 16.2. The van der Waals surface area contributed by atoms with Crippen molar-refractivity contribution in [3.63, 3.8) is 0 Å². The molecule has 1 fully saturated rings. The third-order valence-electron chi connectivity index (χ3n) is 4.25. The zero-order valence-electron chi connectivity index (χ0n) is 13.4. The smallest absolute Gasteiger partial charge is 0.237 e. The summed E-state index contributed by atoms with van der Waals surface area (Å²) in [6.45, 7) is 6.85. The standard InChI is InChI=1S/C17H27N3O/c1-13(2)20(3)12-15-8-5-4-7-14(15)11-19-17(21)16-9-6-10-18-16/h4-5,7-8,13,16,18H,6,9-12H2,1-3H3,(H,19,21). The summed E-state index contributed by atoms with van der Waals surface area (Å²) in [4.78, 5) is 14.4. The molecule has 1 aliphatic heterocycles. The van der Waals surface area contributed by atoms with Crippen molar-refractivity contribution in [2.75, 3.05) is 13.6 Å². The summed E-state index contributed by atoms with van der Waals surface area (Å²) in [5.41, 5.74) is 2.49. The van der Waals surface area contributed by atoms with E-state index in [2.05, 4.69) is 54.6 Å². The average molecular weight is 289 g/mol. The third-order valence-corrected chi connectivity index (χ3v) is 4.25. The molecule has 0 radical (unpaired) electrons. The highest BCUT2D eigenvalue weighted by Crippen LogP contribution is 2.13. The van der Waals surface area contributed by atoms with Crippen LogP contribution in [0.2, 0.25) is 0 Å². The molecule has 0 bridgehead atoms. The molecule has 21 heavy (non-hydrogen) atoms. The first kappa shape index (κ1) is 16.0. The van der Waals surface area contributed by atoms with Crippen molar-refractivity contribution < 1.29 is 4.79 Å². The number of benzene rings is 1. The highest BCUT2D eigenvalue weighted by Gasteiger charge is 2.21. The van der Waals surface area contributed by atoms with Gasteiger partial charge in [0.1, 0.15) is 0 Å². The molecule has 0 saturated carbocycles. The van der Waals surface area contributed by atoms with Crippen LogP contribution in [0.1, 0.15) is 37.8 Å². The predicted molar refractivity (Wildman–Crippen MR) is 85.9 cm³/mol. The lowest BCUT2D eigenvalue weighted by Gasteiger charge is -2.22. The number of amides is 1. The van der Waals surface area contributed by atoms with Crippen LogP contribution in [0.3, 0.4) is 0 Å². The number of nitrogens with one attached hydrogen (secondary N) is 2. The van der Waals surface area contributed by atoms with Crippen molar-refractivity contribution in [2.24, 2.45) is 0 Å². The minimum Gasteiger partial charge on any atom is -0.351 e. The molecule has 2 N–H and O–H groups in total. The monoisotopic (exact) mass is 289 g/mol. The van der Waals surface area contributed by atoms with Gasteiger partial charge in [0.05, 0.1) is 6.04 Å². The molecule has 0 spiro atoms. The summed E-state index contributed by atoms with van der Waals surface area (Å²) in [5.74, 6) is 0.125. The number of hydrogen-bond acceptors (Lipinski definition) is 3. The van der Waals surface area contributed by atoms with Crippen molar-refractivity contribution in [1.29, 1.82) is 0 Å². The van der Waals surface area contributed by atoms with Gasteiger partial charge in [-0.3, -0.25) is 9.69 Å². The Labute approximate surface area is 127 Å². The fraction of sp³-hybridized carbons (Fsp3) is 0.588. The first-order chi connectivity index (χ1) is 10.1. The van der Waals surface area contributed by atoms with Crippen LogP contribution in [-0.2, 0) is 17.9 Å². The van der Waals surface area contributed by atoms with Gasteiger partial charge in [0.25, 0.3) is 0 Å². The fourth-order valence-electron chi connectivity index (χ4n) is 2.55. The second-order valence-corrected chi connectivity index (χ2v) is 6.14. The van der Waals surface area contributed by atoms with Gasteiger partial charge in [-0.25, -0.2) is 0 Å². The van der Waals surface area contributed by atoms with E-state index in [4.69, 9.17) is 0 Å². The molecule has 1 aliphatic rings. The molecule has 1 heterocycles. The molecule has 4 nitrogen and oxygen atoms in total. The lowest BCUT2D eigenvalue weighted by Crippen LogP contribution is -2.40. The van der Waals surface area contributed by atoms with Crippen LogP contribution in [0.15, 0.2) is 24.3 Å². The molecular weight excluding hydrogens is 262 g/mol. The lowest BCUT2D eigenvalue weighted by molar-refractivity contribution is -0.122. The van der Waals surface area contributed by atoms with Gasteiger partial charge in [0.15, 0.2) is 0 Å². The molecule has 2 rings (SSSR count). The zero-order valence-corrected chi connectivity index (χ0v) is 13.4. The van der Waals surface area contributed by atoms with E-state index in [0.717, 1.165) is 25.9 Å². The van der Waals surface area contributed by atoms with Gasteiger partial charge in [-0.1, -0.05) is 24.3 Å². The minimum atomic E-state index is -0.00417. The van der Waals surface area contributed by atoms with Gasteiger partial charge in [-0.05, 0) is 51.4 Å². The van der Waals surface area contributed by atoms with Gasteiger partial charge in [-0.15, -0.1) is 0 Å². The number of rotatable bonds is 6. The minimum absolute atomic E-state index is 0.00417. The van der Waals surface area contributed by atoms with Gasteiger partial charge in [0, 0.05) is 19.1 Å². The van der Waals surface area contributed by atoms with Crippen LogP contribution < -0.4 is 10.6 Å². The highest BCUT2D eigenvalue weighted by molar-refractivity contribution is 5.82. The third kappa shape index (κ3) is 4.55. The molecule has 4 heteroatoms. The van der Waals surface area contributed by atoms with Crippen molar-refractivity contribution in [3.8, 4) is 0 Å². The number of carbonyl (C=O) groups is 1. The van der Waals surface area contributed by atoms with E-state index < -0.39 is 0 Å². The molecule has 1 aromatic carbocycles. The maximum absolute atomic E-state index is 12.1. The quantitative estimate of drug-likeness (QED) is 0.840. The Morgan fingerprint density at radius 3 is 2.71 bits per heavy atom. The van der Waals surface area contributed by atoms with E-state index in [1.165, 1.54) is 11.1 Å². The van der Waals surface area contributed by atoms with Crippen molar-refractivity contribution in [1.82, 2.24) is 15.5 Å². The second-order valence-electron chi connectivity index (χ2n) is 6.14. The zero-order chi connectivity index (χ0) is 15.2. The molecule has 1 unspecified atom stereocenters. The van der Waals surface area contributed by atoms with E-state index in [1.807, 2.05) is 6.07 Å². The maximum Gasteiger partial charge on any atom is 0.237 e. The molecule has 1 aromatic rings. The number of carbonyl (C=O) groups excluding carboxylic acids is 1. The second kappa shape index (κ2) is 7.57. The Hall–Kier alpha value is -1.39. The Balaban J connectivity index is 1.94. The SMILES string of the molecule is CC(C)N(C)Cc1ccccc1CNC(=O)C1CCCN1. The Bertz CT molecular complexity index is 467. The number of nitrogens with zero attached hydrogens (tertiary/aromatic N) is 1. The van der Waals surface area contributed by atoms with E-state index in [0.29, 0.717) is 12.6 Å². The van der Waals surface area contributed by atoms with Crippen LogP contribution in [0.5, 0.6) is 0 Å². The first-order valence-corrected chi connectivity index (χ1v) is 7.86. The summed E-state index contributed by atoms with van der Waals surface area (Å²) in [5, 5.41) is 6.30. The Kier molecular flexibility index (Phi) is 5.76. The summed E-state index contributed by atoms with van der Waals surface area (Å²) in [6.07, 6.45) is 2.04. The molecule has 1 amide bonds. The fourth-order valence-corrected chi connectivity index (χ4v) is 2.55. The molecule has 0 aliphatic carbocycles. The van der Waals surface area contributed by atoms with Gasteiger partial charge in [-0.2, -0.15) is 0 Å². The van der Waals surface area contributed by atoms with E-state index in [-0.39, 0.29) is 11.9 Å². The average Bonchev–Trinajstić information content (AvgIpc) is 3.00. The molecule has 116 valence electrons. The van der Waals surface area contributed by atoms with E-state index in [9.17, 15) is 4.79 Å². The van der Waals surface area contributed by atoms with Crippen LogP contribution in [0.4, 0.5) is 0 Å².